The van der Waals surface area contributed by atoms with Crippen molar-refractivity contribution in [1.82, 2.24) is 9.88 Å². The van der Waals surface area contributed by atoms with E-state index in [9.17, 15) is 9.59 Å². The van der Waals surface area contributed by atoms with Crippen molar-refractivity contribution in [1.29, 1.82) is 0 Å². The zero-order valence-corrected chi connectivity index (χ0v) is 16.1. The van der Waals surface area contributed by atoms with Gasteiger partial charge in [-0.15, -0.1) is 0 Å². The van der Waals surface area contributed by atoms with Crippen molar-refractivity contribution < 1.29 is 18.7 Å². The van der Waals surface area contributed by atoms with Gasteiger partial charge >= 0.3 is 5.97 Å². The number of benzene rings is 1. The first kappa shape index (κ1) is 19.7. The van der Waals surface area contributed by atoms with Crippen LogP contribution in [0.3, 0.4) is 0 Å². The molecule has 0 unspecified atom stereocenters. The van der Waals surface area contributed by atoms with Crippen LogP contribution in [-0.2, 0) is 9.53 Å². The molecule has 2 rings (SSSR count). The number of ether oxygens (including phenoxy) is 1. The highest BCUT2D eigenvalue weighted by molar-refractivity contribution is 5.92. The molecule has 0 aliphatic carbocycles. The van der Waals surface area contributed by atoms with Crippen molar-refractivity contribution in [3.63, 3.8) is 0 Å². The molecular weight excluding hydrogens is 332 g/mol. The second kappa shape index (κ2) is 8.17. The number of aromatic nitrogens is 1. The Morgan fingerprint density at radius 2 is 1.62 bits per heavy atom. The van der Waals surface area contributed by atoms with Crippen LogP contribution < -0.4 is 0 Å². The normalized spacial score (nSPS) is 12.3. The lowest BCUT2D eigenvalue weighted by atomic mass is 10.2. The summed E-state index contributed by atoms with van der Waals surface area (Å²) < 4.78 is 10.9. The summed E-state index contributed by atoms with van der Waals surface area (Å²) >= 11 is 0. The fraction of sp³-hybridized carbons (Fsp3) is 0.450. The third-order valence-electron chi connectivity index (χ3n) is 4.01. The van der Waals surface area contributed by atoms with Gasteiger partial charge in [0.05, 0.1) is 0 Å². The highest BCUT2D eigenvalue weighted by atomic mass is 16.5. The quantitative estimate of drug-likeness (QED) is 0.734. The number of amides is 1. The molecule has 0 aliphatic rings. The fourth-order valence-corrected chi connectivity index (χ4v) is 2.87. The van der Waals surface area contributed by atoms with Crippen LogP contribution in [0.4, 0.5) is 0 Å². The molecule has 26 heavy (non-hydrogen) atoms. The molecule has 6 nitrogen and oxygen atoms in total. The Bertz CT molecular complexity index is 757. The Hall–Kier alpha value is -2.63. The van der Waals surface area contributed by atoms with Crippen LogP contribution in [0, 0.1) is 6.92 Å². The zero-order chi connectivity index (χ0) is 19.4. The molecule has 0 fully saturated rings. The van der Waals surface area contributed by atoms with Gasteiger partial charge in [0.2, 0.25) is 5.89 Å². The molecule has 0 saturated heterocycles. The average Bonchev–Trinajstić information content (AvgIpc) is 2.96. The van der Waals surface area contributed by atoms with E-state index >= 15 is 0 Å². The van der Waals surface area contributed by atoms with Crippen molar-refractivity contribution in [2.75, 3.05) is 0 Å². The fourth-order valence-electron chi connectivity index (χ4n) is 2.87. The highest BCUT2D eigenvalue weighted by Crippen LogP contribution is 2.22. The first-order valence-electron chi connectivity index (χ1n) is 8.78. The monoisotopic (exact) mass is 358 g/mol. The number of hydrogen-bond acceptors (Lipinski definition) is 5. The maximum absolute atomic E-state index is 12.6. The first-order valence-corrected chi connectivity index (χ1v) is 8.78. The van der Waals surface area contributed by atoms with E-state index in [0.717, 1.165) is 5.56 Å². The van der Waals surface area contributed by atoms with Crippen molar-refractivity contribution in [2.24, 2.45) is 0 Å². The number of carbonyl (C=O) groups is 2. The predicted octanol–water partition coefficient (Wildman–Crippen LogP) is 3.84. The van der Waals surface area contributed by atoms with Gasteiger partial charge in [-0.1, -0.05) is 18.2 Å². The number of nitrogens with zero attached hydrogens (tertiary/aromatic N) is 2. The largest absolute Gasteiger partial charge is 0.448 e. The minimum absolute atomic E-state index is 0.0159. The molecule has 1 aromatic heterocycles. The maximum atomic E-state index is 12.6. The van der Waals surface area contributed by atoms with Crippen molar-refractivity contribution in [2.45, 2.75) is 59.7 Å². The van der Waals surface area contributed by atoms with Crippen LogP contribution in [0.1, 0.15) is 50.9 Å². The lowest BCUT2D eigenvalue weighted by Crippen LogP contribution is -2.47. The molecule has 0 bridgehead atoms. The van der Waals surface area contributed by atoms with E-state index in [2.05, 4.69) is 4.98 Å². The predicted molar refractivity (Wildman–Crippen MR) is 98.7 cm³/mol. The number of hydrogen-bond donors (Lipinski definition) is 0. The summed E-state index contributed by atoms with van der Waals surface area (Å²) in [6.07, 6.45) is -0.899. The zero-order valence-electron chi connectivity index (χ0n) is 16.1. The standard InChI is InChI=1S/C20H26N2O4/c1-12(2)22(13(3)4)19(23)15(6)26-20(24)17-14(5)25-18(21-17)16-10-8-7-9-11-16/h7-13,15H,1-6H3/t15-/m1/s1. The van der Waals surface area contributed by atoms with E-state index in [1.54, 1.807) is 18.7 Å². The second-order valence-corrected chi connectivity index (χ2v) is 6.77. The molecule has 1 atom stereocenters. The molecule has 0 saturated carbocycles. The second-order valence-electron chi connectivity index (χ2n) is 6.77. The Kier molecular flexibility index (Phi) is 6.18. The molecule has 1 aromatic carbocycles. The van der Waals surface area contributed by atoms with Gasteiger partial charge in [0, 0.05) is 17.6 Å². The smallest absolute Gasteiger partial charge is 0.361 e. The topological polar surface area (TPSA) is 72.6 Å². The third kappa shape index (κ3) is 4.31. The molecule has 140 valence electrons. The summed E-state index contributed by atoms with van der Waals surface area (Å²) in [4.78, 5) is 31.0. The lowest BCUT2D eigenvalue weighted by molar-refractivity contribution is -0.143. The Morgan fingerprint density at radius 1 is 1.04 bits per heavy atom. The molecule has 0 spiro atoms. The van der Waals surface area contributed by atoms with Gasteiger partial charge in [-0.25, -0.2) is 9.78 Å². The van der Waals surface area contributed by atoms with Gasteiger partial charge in [0.25, 0.3) is 5.91 Å². The van der Waals surface area contributed by atoms with Crippen LogP contribution >= 0.6 is 0 Å². The SMILES string of the molecule is Cc1oc(-c2ccccc2)nc1C(=O)O[C@H](C)C(=O)N(C(C)C)C(C)C. The molecular formula is C20H26N2O4. The van der Waals surface area contributed by atoms with Crippen molar-refractivity contribution in [3.8, 4) is 11.5 Å². The molecule has 0 N–H and O–H groups in total. The van der Waals surface area contributed by atoms with Gasteiger partial charge in [0.1, 0.15) is 5.76 Å². The van der Waals surface area contributed by atoms with E-state index in [4.69, 9.17) is 9.15 Å². The minimum atomic E-state index is -0.899. The van der Waals surface area contributed by atoms with Crippen molar-refractivity contribution >= 4 is 11.9 Å². The first-order chi connectivity index (χ1) is 12.2. The van der Waals surface area contributed by atoms with Crippen LogP contribution in [0.25, 0.3) is 11.5 Å². The third-order valence-corrected chi connectivity index (χ3v) is 4.01. The van der Waals surface area contributed by atoms with E-state index in [0.29, 0.717) is 11.7 Å². The van der Waals surface area contributed by atoms with Crippen molar-refractivity contribution in [3.05, 3.63) is 41.8 Å². The van der Waals surface area contributed by atoms with Gasteiger partial charge in [0.15, 0.2) is 11.8 Å². The summed E-state index contributed by atoms with van der Waals surface area (Å²) in [5.41, 5.74) is 0.855. The lowest BCUT2D eigenvalue weighted by Gasteiger charge is -2.32. The number of oxazole rings is 1. The number of carbonyl (C=O) groups excluding carboxylic acids is 2. The summed E-state index contributed by atoms with van der Waals surface area (Å²) in [7, 11) is 0. The number of esters is 1. The van der Waals surface area contributed by atoms with E-state index in [1.807, 2.05) is 58.0 Å². The molecule has 0 radical (unpaired) electrons. The summed E-state index contributed by atoms with van der Waals surface area (Å²) in [6, 6.07) is 9.33. The number of aryl methyl sites for hydroxylation is 1. The molecule has 2 aromatic rings. The van der Waals surface area contributed by atoms with Crippen LogP contribution in [-0.4, -0.2) is 39.9 Å². The Labute approximate surface area is 154 Å². The van der Waals surface area contributed by atoms with Gasteiger partial charge in [-0.2, -0.15) is 0 Å². The molecule has 1 heterocycles. The molecule has 0 aliphatic heterocycles. The number of rotatable bonds is 6. The van der Waals surface area contributed by atoms with Gasteiger partial charge < -0.3 is 14.1 Å². The molecule has 1 amide bonds. The summed E-state index contributed by atoms with van der Waals surface area (Å²) in [5.74, 6) is -0.187. The highest BCUT2D eigenvalue weighted by Gasteiger charge is 2.29. The van der Waals surface area contributed by atoms with E-state index < -0.39 is 12.1 Å². The average molecular weight is 358 g/mol. The van der Waals surface area contributed by atoms with E-state index in [-0.39, 0.29) is 23.7 Å². The van der Waals surface area contributed by atoms with Gasteiger partial charge in [-0.05, 0) is 53.7 Å². The maximum Gasteiger partial charge on any atom is 0.361 e. The summed E-state index contributed by atoms with van der Waals surface area (Å²) in [6.45, 7) is 10.9. The minimum Gasteiger partial charge on any atom is -0.448 e. The van der Waals surface area contributed by atoms with Crippen LogP contribution in [0.15, 0.2) is 34.7 Å². The molecule has 6 heteroatoms. The Morgan fingerprint density at radius 3 is 2.15 bits per heavy atom. The van der Waals surface area contributed by atoms with Crippen LogP contribution in [0.2, 0.25) is 0 Å². The van der Waals surface area contributed by atoms with E-state index in [1.165, 1.54) is 0 Å². The van der Waals surface area contributed by atoms with Gasteiger partial charge in [-0.3, -0.25) is 4.79 Å². The summed E-state index contributed by atoms with van der Waals surface area (Å²) in [5, 5.41) is 0. The Balaban J connectivity index is 2.15. The van der Waals surface area contributed by atoms with Crippen LogP contribution in [0.5, 0.6) is 0 Å².